The Labute approximate surface area is 127 Å². The highest BCUT2D eigenvalue weighted by Gasteiger charge is 2.25. The second kappa shape index (κ2) is 5.81. The molecule has 1 aliphatic heterocycles. The molecule has 0 saturated heterocycles. The van der Waals surface area contributed by atoms with Crippen molar-refractivity contribution in [3.63, 3.8) is 0 Å². The minimum absolute atomic E-state index is 0.00226. The molecule has 3 rings (SSSR count). The number of carbonyl (C=O) groups excluding carboxylic acids is 1. The summed E-state index contributed by atoms with van der Waals surface area (Å²) in [6.45, 7) is 3.29. The smallest absolute Gasteiger partial charge is 0.267 e. The zero-order chi connectivity index (χ0) is 14.8. The molecular formula is C15H17N3O2S. The molecule has 5 nitrogen and oxygen atoms in total. The fourth-order valence-corrected chi connectivity index (χ4v) is 3.31. The topological polar surface area (TPSA) is 66.3 Å². The van der Waals surface area contributed by atoms with E-state index in [1.807, 2.05) is 11.0 Å². The highest BCUT2D eigenvalue weighted by molar-refractivity contribution is 7.08. The number of phenolic OH excluding ortho intramolecular Hbond substituents is 1. The molecule has 1 aliphatic rings. The monoisotopic (exact) mass is 303 g/mol. The molecule has 2 heterocycles. The fourth-order valence-electron chi connectivity index (χ4n) is 2.63. The van der Waals surface area contributed by atoms with E-state index in [0.717, 1.165) is 30.5 Å². The predicted octanol–water partition coefficient (Wildman–Crippen LogP) is 2.39. The Kier molecular flexibility index (Phi) is 3.88. The number of nitrogens with zero attached hydrogens (tertiary/aromatic N) is 3. The van der Waals surface area contributed by atoms with Crippen molar-refractivity contribution in [2.45, 2.75) is 32.7 Å². The Hall–Kier alpha value is -1.95. The summed E-state index contributed by atoms with van der Waals surface area (Å²) in [7, 11) is 0. The Balaban J connectivity index is 1.82. The number of benzene rings is 1. The van der Waals surface area contributed by atoms with E-state index in [1.165, 1.54) is 17.1 Å². The standard InChI is InChI=1S/C15H17N3O2S/c1-2-3-13-14(21-17-16-13)15(20)18-7-6-10-4-5-12(19)8-11(10)9-18/h4-5,8,19H,2-3,6-7,9H2,1H3. The van der Waals surface area contributed by atoms with Crippen LogP contribution in [0.4, 0.5) is 0 Å². The lowest BCUT2D eigenvalue weighted by Crippen LogP contribution is -2.36. The molecule has 0 atom stereocenters. The quantitative estimate of drug-likeness (QED) is 0.945. The SMILES string of the molecule is CCCc1nnsc1C(=O)N1CCc2ccc(O)cc2C1. The summed E-state index contributed by atoms with van der Waals surface area (Å²) < 4.78 is 3.92. The average Bonchev–Trinajstić information content (AvgIpc) is 2.94. The summed E-state index contributed by atoms with van der Waals surface area (Å²) in [5, 5.41) is 13.7. The number of rotatable bonds is 3. The van der Waals surface area contributed by atoms with Gasteiger partial charge in [0.15, 0.2) is 0 Å². The first-order valence-corrected chi connectivity index (χ1v) is 7.87. The first-order chi connectivity index (χ1) is 10.2. The molecule has 0 aliphatic carbocycles. The molecule has 1 aromatic carbocycles. The lowest BCUT2D eigenvalue weighted by Gasteiger charge is -2.28. The number of fused-ring (bicyclic) bond motifs is 1. The van der Waals surface area contributed by atoms with Crippen LogP contribution in [0.2, 0.25) is 0 Å². The third kappa shape index (κ3) is 2.76. The largest absolute Gasteiger partial charge is 0.508 e. The molecule has 1 amide bonds. The predicted molar refractivity (Wildman–Crippen MR) is 80.5 cm³/mol. The number of hydrogen-bond acceptors (Lipinski definition) is 5. The molecule has 0 fully saturated rings. The van der Waals surface area contributed by atoms with Gasteiger partial charge in [-0.3, -0.25) is 4.79 Å². The minimum Gasteiger partial charge on any atom is -0.508 e. The minimum atomic E-state index is 0.00226. The number of aryl methyl sites for hydroxylation is 1. The van der Waals surface area contributed by atoms with Gasteiger partial charge in [0.1, 0.15) is 10.6 Å². The van der Waals surface area contributed by atoms with Gasteiger partial charge in [0, 0.05) is 13.1 Å². The number of aromatic nitrogens is 2. The summed E-state index contributed by atoms with van der Waals surface area (Å²) in [5.41, 5.74) is 3.02. The van der Waals surface area contributed by atoms with Gasteiger partial charge in [0.05, 0.1) is 5.69 Å². The molecule has 21 heavy (non-hydrogen) atoms. The van der Waals surface area contributed by atoms with Crippen molar-refractivity contribution in [3.8, 4) is 5.75 Å². The van der Waals surface area contributed by atoms with E-state index in [4.69, 9.17) is 0 Å². The second-order valence-corrected chi connectivity index (χ2v) is 5.98. The summed E-state index contributed by atoms with van der Waals surface area (Å²) in [4.78, 5) is 15.1. The summed E-state index contributed by atoms with van der Waals surface area (Å²) in [6.07, 6.45) is 2.54. The zero-order valence-electron chi connectivity index (χ0n) is 11.9. The third-order valence-corrected chi connectivity index (χ3v) is 4.48. The third-order valence-electron chi connectivity index (χ3n) is 3.73. The van der Waals surface area contributed by atoms with Gasteiger partial charge in [-0.2, -0.15) is 0 Å². The van der Waals surface area contributed by atoms with Crippen LogP contribution < -0.4 is 0 Å². The van der Waals surface area contributed by atoms with Crippen LogP contribution in [-0.2, 0) is 19.4 Å². The van der Waals surface area contributed by atoms with E-state index in [1.54, 1.807) is 12.1 Å². The maximum absolute atomic E-state index is 12.6. The van der Waals surface area contributed by atoms with Crippen molar-refractivity contribution in [2.75, 3.05) is 6.54 Å². The van der Waals surface area contributed by atoms with Crippen LogP contribution in [0, 0.1) is 0 Å². The van der Waals surface area contributed by atoms with E-state index in [0.29, 0.717) is 18.0 Å². The normalized spacial score (nSPS) is 14.0. The fraction of sp³-hybridized carbons (Fsp3) is 0.400. The molecular weight excluding hydrogens is 286 g/mol. The van der Waals surface area contributed by atoms with E-state index in [-0.39, 0.29) is 11.7 Å². The lowest BCUT2D eigenvalue weighted by atomic mass is 9.99. The van der Waals surface area contributed by atoms with Gasteiger partial charge in [-0.1, -0.05) is 23.9 Å². The highest BCUT2D eigenvalue weighted by Crippen LogP contribution is 2.25. The van der Waals surface area contributed by atoms with Crippen LogP contribution in [0.1, 0.15) is 39.8 Å². The molecule has 0 bridgehead atoms. The molecule has 0 unspecified atom stereocenters. The molecule has 0 spiro atoms. The number of amides is 1. The summed E-state index contributed by atoms with van der Waals surface area (Å²) in [6, 6.07) is 5.37. The van der Waals surface area contributed by atoms with Gasteiger partial charge in [0.25, 0.3) is 5.91 Å². The van der Waals surface area contributed by atoms with Crippen LogP contribution in [0.25, 0.3) is 0 Å². The first-order valence-electron chi connectivity index (χ1n) is 7.10. The second-order valence-electron chi connectivity index (χ2n) is 5.23. The van der Waals surface area contributed by atoms with Crippen LogP contribution in [0.5, 0.6) is 5.75 Å². The Morgan fingerprint density at radius 3 is 3.10 bits per heavy atom. The average molecular weight is 303 g/mol. The van der Waals surface area contributed by atoms with Crippen LogP contribution in [-0.4, -0.2) is 32.0 Å². The highest BCUT2D eigenvalue weighted by atomic mass is 32.1. The Morgan fingerprint density at radius 1 is 1.43 bits per heavy atom. The number of phenols is 1. The molecule has 0 saturated carbocycles. The van der Waals surface area contributed by atoms with Gasteiger partial charge in [-0.05, 0) is 47.6 Å². The van der Waals surface area contributed by atoms with Crippen molar-refractivity contribution in [1.29, 1.82) is 0 Å². The van der Waals surface area contributed by atoms with Gasteiger partial charge in [0.2, 0.25) is 0 Å². The van der Waals surface area contributed by atoms with Crippen molar-refractivity contribution in [3.05, 3.63) is 39.9 Å². The van der Waals surface area contributed by atoms with E-state index in [2.05, 4.69) is 16.5 Å². The van der Waals surface area contributed by atoms with Crippen molar-refractivity contribution in [2.24, 2.45) is 0 Å². The molecule has 110 valence electrons. The molecule has 0 radical (unpaired) electrons. The molecule has 2 aromatic rings. The van der Waals surface area contributed by atoms with E-state index in [9.17, 15) is 9.90 Å². The van der Waals surface area contributed by atoms with Gasteiger partial charge >= 0.3 is 0 Å². The van der Waals surface area contributed by atoms with Gasteiger partial charge < -0.3 is 10.0 Å². The van der Waals surface area contributed by atoms with Gasteiger partial charge in [-0.15, -0.1) is 5.10 Å². The number of aromatic hydroxyl groups is 1. The zero-order valence-corrected chi connectivity index (χ0v) is 12.7. The maximum atomic E-state index is 12.6. The summed E-state index contributed by atoms with van der Waals surface area (Å²) >= 11 is 1.17. The van der Waals surface area contributed by atoms with Crippen LogP contribution in [0.3, 0.4) is 0 Å². The maximum Gasteiger partial charge on any atom is 0.267 e. The van der Waals surface area contributed by atoms with E-state index < -0.39 is 0 Å². The Morgan fingerprint density at radius 2 is 2.29 bits per heavy atom. The lowest BCUT2D eigenvalue weighted by molar-refractivity contribution is 0.0738. The molecule has 1 aromatic heterocycles. The van der Waals surface area contributed by atoms with Crippen molar-refractivity contribution in [1.82, 2.24) is 14.5 Å². The molecule has 1 N–H and O–H groups in total. The first kappa shape index (κ1) is 14.0. The molecule has 6 heteroatoms. The van der Waals surface area contributed by atoms with Crippen molar-refractivity contribution >= 4 is 17.4 Å². The number of hydrogen-bond donors (Lipinski definition) is 1. The number of carbonyl (C=O) groups is 1. The van der Waals surface area contributed by atoms with Crippen LogP contribution in [0.15, 0.2) is 18.2 Å². The van der Waals surface area contributed by atoms with Crippen LogP contribution >= 0.6 is 11.5 Å². The van der Waals surface area contributed by atoms with Gasteiger partial charge in [-0.25, -0.2) is 0 Å². The Bertz CT molecular complexity index is 669. The van der Waals surface area contributed by atoms with Crippen molar-refractivity contribution < 1.29 is 9.90 Å². The van der Waals surface area contributed by atoms with E-state index >= 15 is 0 Å². The summed E-state index contributed by atoms with van der Waals surface area (Å²) in [5.74, 6) is 0.247.